The van der Waals surface area contributed by atoms with Gasteiger partial charge in [-0.25, -0.2) is 8.42 Å². The number of amides is 2. The summed E-state index contributed by atoms with van der Waals surface area (Å²) >= 11 is 6.05. The van der Waals surface area contributed by atoms with Crippen molar-refractivity contribution < 1.29 is 22.7 Å². The van der Waals surface area contributed by atoms with Crippen molar-refractivity contribution in [2.75, 3.05) is 24.5 Å². The van der Waals surface area contributed by atoms with E-state index in [4.69, 9.17) is 16.3 Å². The van der Waals surface area contributed by atoms with Gasteiger partial charge < -0.3 is 15.0 Å². The molecular weight excluding hydrogens is 550 g/mol. The van der Waals surface area contributed by atoms with Crippen LogP contribution in [-0.4, -0.2) is 51.4 Å². The largest absolute Gasteiger partial charge is 0.495 e. The monoisotopic (exact) mass is 585 g/mol. The van der Waals surface area contributed by atoms with Crippen molar-refractivity contribution in [2.24, 2.45) is 5.92 Å². The number of aryl methyl sites for hydroxylation is 1. The minimum atomic E-state index is -4.19. The molecule has 0 aliphatic rings. The fraction of sp³-hybridized carbons (Fsp3) is 0.333. The number of sulfonamides is 1. The second kappa shape index (κ2) is 13.7. The molecule has 40 heavy (non-hydrogen) atoms. The fourth-order valence-corrected chi connectivity index (χ4v) is 5.61. The van der Waals surface area contributed by atoms with Crippen LogP contribution in [0.15, 0.2) is 77.7 Å². The van der Waals surface area contributed by atoms with Crippen LogP contribution in [0.3, 0.4) is 0 Å². The fourth-order valence-electron chi connectivity index (χ4n) is 4.05. The van der Waals surface area contributed by atoms with Crippen molar-refractivity contribution in [2.45, 2.75) is 45.2 Å². The van der Waals surface area contributed by atoms with E-state index in [1.54, 1.807) is 67.6 Å². The van der Waals surface area contributed by atoms with E-state index < -0.39 is 28.5 Å². The van der Waals surface area contributed by atoms with Gasteiger partial charge in [0, 0.05) is 18.1 Å². The van der Waals surface area contributed by atoms with Crippen molar-refractivity contribution in [3.05, 3.63) is 88.9 Å². The molecule has 0 aliphatic carbocycles. The molecule has 0 aliphatic heterocycles. The summed E-state index contributed by atoms with van der Waals surface area (Å²) in [6.45, 7) is 7.38. The van der Waals surface area contributed by atoms with Crippen LogP contribution in [0.5, 0.6) is 5.75 Å². The lowest BCUT2D eigenvalue weighted by atomic mass is 10.1. The maximum atomic E-state index is 14.0. The number of ether oxygens (including phenoxy) is 1. The van der Waals surface area contributed by atoms with E-state index in [9.17, 15) is 18.0 Å². The average molecular weight is 586 g/mol. The quantitative estimate of drug-likeness (QED) is 0.321. The maximum absolute atomic E-state index is 14.0. The SMILES string of the molecule is COc1ccc(C)cc1N(CC(=O)N(Cc1ccc(Cl)cc1)[C@@H](C)C(=O)NCC(C)C)S(=O)(=O)c1ccccc1. The summed E-state index contributed by atoms with van der Waals surface area (Å²) in [5.74, 6) is -0.367. The number of benzene rings is 3. The van der Waals surface area contributed by atoms with Gasteiger partial charge in [-0.2, -0.15) is 0 Å². The van der Waals surface area contributed by atoms with Gasteiger partial charge in [-0.15, -0.1) is 0 Å². The summed E-state index contributed by atoms with van der Waals surface area (Å²) in [7, 11) is -2.75. The van der Waals surface area contributed by atoms with Crippen molar-refractivity contribution in [3.8, 4) is 5.75 Å². The lowest BCUT2D eigenvalue weighted by Crippen LogP contribution is -2.51. The normalized spacial score (nSPS) is 12.1. The summed E-state index contributed by atoms with van der Waals surface area (Å²) < 4.78 is 34.4. The molecule has 214 valence electrons. The third-order valence-corrected chi connectivity index (χ3v) is 8.36. The summed E-state index contributed by atoms with van der Waals surface area (Å²) in [6, 6.07) is 19.1. The highest BCUT2D eigenvalue weighted by Gasteiger charge is 2.33. The van der Waals surface area contributed by atoms with Gasteiger partial charge in [0.1, 0.15) is 18.3 Å². The predicted molar refractivity (Wildman–Crippen MR) is 158 cm³/mol. The number of hydrogen-bond acceptors (Lipinski definition) is 5. The molecule has 10 heteroatoms. The maximum Gasteiger partial charge on any atom is 0.264 e. The molecule has 2 amide bonds. The summed E-state index contributed by atoms with van der Waals surface area (Å²) in [6.07, 6.45) is 0. The minimum absolute atomic E-state index is 0.0262. The number of anilines is 1. The van der Waals surface area contributed by atoms with Crippen LogP contribution in [0.1, 0.15) is 31.9 Å². The van der Waals surface area contributed by atoms with Crippen LogP contribution < -0.4 is 14.4 Å². The van der Waals surface area contributed by atoms with Gasteiger partial charge in [0.25, 0.3) is 10.0 Å². The minimum Gasteiger partial charge on any atom is -0.495 e. The number of halogens is 1. The standard InChI is InChI=1S/C30H36ClN3O5S/c1-21(2)18-32-30(36)23(4)33(19-24-12-14-25(31)15-13-24)29(35)20-34(27-17-22(3)11-16-28(27)39-5)40(37,38)26-9-7-6-8-10-26/h6-17,21,23H,18-20H2,1-5H3,(H,32,36)/t23-/m0/s1. The van der Waals surface area contributed by atoms with Gasteiger partial charge in [-0.1, -0.05) is 61.8 Å². The zero-order valence-electron chi connectivity index (χ0n) is 23.4. The first-order valence-corrected chi connectivity index (χ1v) is 14.8. The van der Waals surface area contributed by atoms with E-state index in [0.29, 0.717) is 17.3 Å². The number of carbonyl (C=O) groups is 2. The lowest BCUT2D eigenvalue weighted by molar-refractivity contribution is -0.139. The first-order valence-electron chi connectivity index (χ1n) is 13.0. The van der Waals surface area contributed by atoms with Crippen molar-refractivity contribution in [1.29, 1.82) is 0 Å². The molecular formula is C30H36ClN3O5S. The Morgan fingerprint density at radius 3 is 2.23 bits per heavy atom. The Bertz CT molecular complexity index is 1410. The zero-order valence-corrected chi connectivity index (χ0v) is 25.0. The lowest BCUT2D eigenvalue weighted by Gasteiger charge is -2.32. The van der Waals surface area contributed by atoms with Crippen molar-refractivity contribution >= 4 is 39.1 Å². The number of rotatable bonds is 12. The first kappa shape index (κ1) is 31.0. The summed E-state index contributed by atoms with van der Waals surface area (Å²) in [5, 5.41) is 3.41. The third-order valence-electron chi connectivity index (χ3n) is 6.33. The molecule has 3 rings (SSSR count). The van der Waals surface area contributed by atoms with Gasteiger partial charge in [0.2, 0.25) is 11.8 Å². The van der Waals surface area contributed by atoms with E-state index in [0.717, 1.165) is 15.4 Å². The van der Waals surface area contributed by atoms with E-state index in [-0.39, 0.29) is 29.0 Å². The van der Waals surface area contributed by atoms with Gasteiger partial charge in [0.15, 0.2) is 0 Å². The number of hydrogen-bond donors (Lipinski definition) is 1. The number of nitrogens with zero attached hydrogens (tertiary/aromatic N) is 2. The van der Waals surface area contributed by atoms with Gasteiger partial charge in [0.05, 0.1) is 17.7 Å². The van der Waals surface area contributed by atoms with Gasteiger partial charge in [-0.05, 0) is 67.3 Å². The van der Waals surface area contributed by atoms with E-state index in [1.165, 1.54) is 24.1 Å². The molecule has 0 fully saturated rings. The van der Waals surface area contributed by atoms with Crippen LogP contribution in [0, 0.1) is 12.8 Å². The van der Waals surface area contributed by atoms with Crippen LogP contribution in [-0.2, 0) is 26.2 Å². The van der Waals surface area contributed by atoms with Crippen LogP contribution in [0.2, 0.25) is 5.02 Å². The topological polar surface area (TPSA) is 96.0 Å². The molecule has 0 spiro atoms. The Morgan fingerprint density at radius 1 is 0.975 bits per heavy atom. The Morgan fingerprint density at radius 2 is 1.62 bits per heavy atom. The van der Waals surface area contributed by atoms with Gasteiger partial charge >= 0.3 is 0 Å². The molecule has 0 bridgehead atoms. The second-order valence-corrected chi connectivity index (χ2v) is 12.3. The molecule has 8 nitrogen and oxygen atoms in total. The molecule has 3 aromatic rings. The Kier molecular flexibility index (Phi) is 10.6. The molecule has 0 unspecified atom stereocenters. The zero-order chi connectivity index (χ0) is 29.4. The second-order valence-electron chi connectivity index (χ2n) is 9.96. The van der Waals surface area contributed by atoms with Crippen molar-refractivity contribution in [3.63, 3.8) is 0 Å². The highest BCUT2D eigenvalue weighted by molar-refractivity contribution is 7.92. The molecule has 0 saturated carbocycles. The molecule has 0 heterocycles. The molecule has 0 radical (unpaired) electrons. The molecule has 0 aromatic heterocycles. The van der Waals surface area contributed by atoms with Crippen molar-refractivity contribution in [1.82, 2.24) is 10.2 Å². The Hall–Kier alpha value is -3.56. The summed E-state index contributed by atoms with van der Waals surface area (Å²) in [4.78, 5) is 28.5. The molecule has 0 saturated heterocycles. The third kappa shape index (κ3) is 7.76. The van der Waals surface area contributed by atoms with Crippen LogP contribution in [0.4, 0.5) is 5.69 Å². The number of carbonyl (C=O) groups excluding carboxylic acids is 2. The average Bonchev–Trinajstić information content (AvgIpc) is 2.94. The molecule has 1 N–H and O–H groups in total. The Labute approximate surface area is 241 Å². The first-order chi connectivity index (χ1) is 18.9. The van der Waals surface area contributed by atoms with E-state index in [1.807, 2.05) is 20.8 Å². The number of methoxy groups -OCH3 is 1. The Balaban J connectivity index is 2.06. The molecule has 3 aromatic carbocycles. The molecule has 1 atom stereocenters. The number of nitrogens with one attached hydrogen (secondary N) is 1. The van der Waals surface area contributed by atoms with Crippen LogP contribution in [0.25, 0.3) is 0 Å². The highest BCUT2D eigenvalue weighted by atomic mass is 35.5. The van der Waals surface area contributed by atoms with Gasteiger partial charge in [-0.3, -0.25) is 13.9 Å². The van der Waals surface area contributed by atoms with E-state index >= 15 is 0 Å². The predicted octanol–water partition coefficient (Wildman–Crippen LogP) is 5.04. The van der Waals surface area contributed by atoms with Crippen LogP contribution >= 0.6 is 11.6 Å². The summed E-state index contributed by atoms with van der Waals surface area (Å²) in [5.41, 5.74) is 1.76. The highest BCUT2D eigenvalue weighted by Crippen LogP contribution is 2.33. The van der Waals surface area contributed by atoms with E-state index in [2.05, 4.69) is 5.32 Å². The smallest absolute Gasteiger partial charge is 0.264 e.